The van der Waals surface area contributed by atoms with Gasteiger partial charge in [-0.15, -0.1) is 5.10 Å². The standard InChI is InChI=1S/C14H9F3N4O3S.C2H7N/c15-14(16,17)13-19-12(9-4-2-1-3-5-9)21(20-13)11-7-6-10(8-18-11)25(22,23)24;1-3-2/h1-8H,(H,22,23,24);3H,1-2H3. The summed E-state index contributed by atoms with van der Waals surface area (Å²) in [6, 6.07) is 10.1. The van der Waals surface area contributed by atoms with Crippen LogP contribution in [0, 0.1) is 0 Å². The lowest BCUT2D eigenvalue weighted by atomic mass is 10.2. The number of rotatable bonds is 3. The molecule has 8 nitrogen and oxygen atoms in total. The van der Waals surface area contributed by atoms with Gasteiger partial charge in [0, 0.05) is 5.56 Å². The summed E-state index contributed by atoms with van der Waals surface area (Å²) >= 11 is 0. The molecule has 2 aromatic heterocycles. The highest BCUT2D eigenvalue weighted by Gasteiger charge is 2.37. The molecule has 0 saturated carbocycles. The number of nitrogens with zero attached hydrogens (tertiary/aromatic N) is 4. The van der Waals surface area contributed by atoms with Crippen LogP contribution in [0.25, 0.3) is 17.2 Å². The minimum atomic E-state index is -4.76. The van der Waals surface area contributed by atoms with Crippen LogP contribution in [0.3, 0.4) is 0 Å². The molecule has 28 heavy (non-hydrogen) atoms. The van der Waals surface area contributed by atoms with Crippen LogP contribution < -0.4 is 5.32 Å². The van der Waals surface area contributed by atoms with Gasteiger partial charge in [0.05, 0.1) is 6.20 Å². The van der Waals surface area contributed by atoms with Crippen LogP contribution in [0.4, 0.5) is 13.2 Å². The quantitative estimate of drug-likeness (QED) is 0.632. The molecule has 0 amide bonds. The molecule has 0 aliphatic rings. The highest BCUT2D eigenvalue weighted by atomic mass is 32.2. The Morgan fingerprint density at radius 1 is 1.07 bits per heavy atom. The summed E-state index contributed by atoms with van der Waals surface area (Å²) in [5.74, 6) is -1.55. The number of pyridine rings is 1. The number of hydrogen-bond donors (Lipinski definition) is 2. The molecule has 0 unspecified atom stereocenters. The summed E-state index contributed by atoms with van der Waals surface area (Å²) < 4.78 is 70.8. The van der Waals surface area contributed by atoms with Crippen molar-refractivity contribution in [3.63, 3.8) is 0 Å². The average Bonchev–Trinajstić information content (AvgIpc) is 3.08. The van der Waals surface area contributed by atoms with E-state index in [-0.39, 0.29) is 11.6 Å². The van der Waals surface area contributed by atoms with Crippen LogP contribution in [0.1, 0.15) is 5.82 Å². The molecular formula is C16H16F3N5O3S. The van der Waals surface area contributed by atoms with Crippen LogP contribution in [0.5, 0.6) is 0 Å². The molecular weight excluding hydrogens is 399 g/mol. The molecule has 12 heteroatoms. The smallest absolute Gasteiger partial charge is 0.323 e. The Morgan fingerprint density at radius 2 is 1.68 bits per heavy atom. The van der Waals surface area contributed by atoms with Crippen molar-refractivity contribution in [1.82, 2.24) is 25.1 Å². The number of benzene rings is 1. The van der Waals surface area contributed by atoms with Gasteiger partial charge in [0.1, 0.15) is 4.90 Å². The fraction of sp³-hybridized carbons (Fsp3) is 0.188. The van der Waals surface area contributed by atoms with Crippen LogP contribution in [0.15, 0.2) is 53.6 Å². The van der Waals surface area contributed by atoms with Gasteiger partial charge in [0.25, 0.3) is 15.9 Å². The third kappa shape index (κ3) is 5.12. The van der Waals surface area contributed by atoms with Gasteiger partial charge in [0.2, 0.25) is 0 Å². The van der Waals surface area contributed by atoms with E-state index < -0.39 is 27.0 Å². The van der Waals surface area contributed by atoms with Crippen molar-refractivity contribution in [3.8, 4) is 17.2 Å². The molecule has 0 aliphatic carbocycles. The van der Waals surface area contributed by atoms with Gasteiger partial charge in [-0.05, 0) is 26.2 Å². The number of aromatic nitrogens is 4. The summed E-state index contributed by atoms with van der Waals surface area (Å²) in [7, 11) is -0.720. The lowest BCUT2D eigenvalue weighted by Gasteiger charge is -2.05. The number of hydrogen-bond acceptors (Lipinski definition) is 6. The molecule has 0 atom stereocenters. The zero-order chi connectivity index (χ0) is 20.9. The van der Waals surface area contributed by atoms with Crippen LogP contribution in [-0.2, 0) is 16.3 Å². The van der Waals surface area contributed by atoms with Crippen molar-refractivity contribution in [3.05, 3.63) is 54.5 Å². The number of halogens is 3. The Hall–Kier alpha value is -2.83. The van der Waals surface area contributed by atoms with E-state index in [4.69, 9.17) is 4.55 Å². The van der Waals surface area contributed by atoms with E-state index in [2.05, 4.69) is 20.4 Å². The highest BCUT2D eigenvalue weighted by Crippen LogP contribution is 2.30. The molecule has 0 spiro atoms. The first-order chi connectivity index (χ1) is 13.1. The molecule has 2 heterocycles. The van der Waals surface area contributed by atoms with Crippen molar-refractivity contribution in [1.29, 1.82) is 0 Å². The van der Waals surface area contributed by atoms with Gasteiger partial charge in [0.15, 0.2) is 11.6 Å². The van der Waals surface area contributed by atoms with E-state index >= 15 is 0 Å². The van der Waals surface area contributed by atoms with E-state index in [1.165, 1.54) is 0 Å². The Kier molecular flexibility index (Phi) is 6.48. The molecule has 0 bridgehead atoms. The molecule has 3 rings (SSSR count). The van der Waals surface area contributed by atoms with E-state index in [1.54, 1.807) is 30.3 Å². The van der Waals surface area contributed by atoms with E-state index in [9.17, 15) is 21.6 Å². The molecule has 0 saturated heterocycles. The van der Waals surface area contributed by atoms with E-state index in [1.807, 2.05) is 14.1 Å². The lowest BCUT2D eigenvalue weighted by molar-refractivity contribution is -0.144. The fourth-order valence-electron chi connectivity index (χ4n) is 2.02. The molecule has 2 N–H and O–H groups in total. The van der Waals surface area contributed by atoms with Crippen LogP contribution in [0.2, 0.25) is 0 Å². The predicted octanol–water partition coefficient (Wildman–Crippen LogP) is 2.43. The normalized spacial score (nSPS) is 11.6. The maximum Gasteiger partial charge on any atom is 0.453 e. The minimum Gasteiger partial charge on any atom is -0.323 e. The van der Waals surface area contributed by atoms with Crippen molar-refractivity contribution < 1.29 is 26.1 Å². The van der Waals surface area contributed by atoms with Crippen LogP contribution >= 0.6 is 0 Å². The Labute approximate surface area is 158 Å². The van der Waals surface area contributed by atoms with Gasteiger partial charge < -0.3 is 5.32 Å². The first-order valence-electron chi connectivity index (χ1n) is 7.70. The number of nitrogens with one attached hydrogen (secondary N) is 1. The van der Waals surface area contributed by atoms with E-state index in [0.29, 0.717) is 5.56 Å². The van der Waals surface area contributed by atoms with E-state index in [0.717, 1.165) is 23.0 Å². The van der Waals surface area contributed by atoms with Gasteiger partial charge in [-0.2, -0.15) is 26.3 Å². The van der Waals surface area contributed by atoms with Gasteiger partial charge in [-0.3, -0.25) is 4.55 Å². The predicted molar refractivity (Wildman–Crippen MR) is 94.4 cm³/mol. The molecule has 3 aromatic rings. The first kappa shape index (κ1) is 21.5. The maximum absolute atomic E-state index is 13.0. The zero-order valence-corrected chi connectivity index (χ0v) is 15.5. The lowest BCUT2D eigenvalue weighted by Crippen LogP contribution is -2.09. The SMILES string of the molecule is CNC.O=S(=O)(O)c1ccc(-n2nc(C(F)(F)F)nc2-c2ccccc2)nc1. The van der Waals surface area contributed by atoms with Gasteiger partial charge in [-0.25, -0.2) is 9.97 Å². The summed E-state index contributed by atoms with van der Waals surface area (Å²) in [4.78, 5) is 6.78. The van der Waals surface area contributed by atoms with Crippen molar-refractivity contribution in [2.45, 2.75) is 11.1 Å². The minimum absolute atomic E-state index is 0.0887. The maximum atomic E-state index is 13.0. The van der Waals surface area contributed by atoms with Crippen molar-refractivity contribution in [2.24, 2.45) is 0 Å². The first-order valence-corrected chi connectivity index (χ1v) is 9.14. The second-order valence-electron chi connectivity index (χ2n) is 5.36. The van der Waals surface area contributed by atoms with Crippen molar-refractivity contribution >= 4 is 10.1 Å². The largest absolute Gasteiger partial charge is 0.453 e. The third-order valence-corrected chi connectivity index (χ3v) is 3.97. The van der Waals surface area contributed by atoms with Gasteiger partial charge in [-0.1, -0.05) is 30.3 Å². The second-order valence-corrected chi connectivity index (χ2v) is 6.78. The second kappa shape index (κ2) is 8.46. The Bertz CT molecular complexity index is 1020. The topological polar surface area (TPSA) is 110 Å². The summed E-state index contributed by atoms with van der Waals surface area (Å²) in [5, 5.41) is 6.18. The monoisotopic (exact) mass is 415 g/mol. The zero-order valence-electron chi connectivity index (χ0n) is 14.7. The number of alkyl halides is 3. The van der Waals surface area contributed by atoms with Crippen LogP contribution in [-0.4, -0.2) is 46.8 Å². The average molecular weight is 415 g/mol. The molecule has 0 fully saturated rings. The molecule has 0 radical (unpaired) electrons. The molecule has 1 aromatic carbocycles. The van der Waals surface area contributed by atoms with Gasteiger partial charge >= 0.3 is 6.18 Å². The Balaban J connectivity index is 0.000000878. The Morgan fingerprint density at radius 3 is 2.14 bits per heavy atom. The summed E-state index contributed by atoms with van der Waals surface area (Å²) in [6.07, 6.45) is -3.95. The third-order valence-electron chi connectivity index (χ3n) is 3.13. The summed E-state index contributed by atoms with van der Waals surface area (Å²) in [6.45, 7) is 0. The van der Waals surface area contributed by atoms with Crippen molar-refractivity contribution in [2.75, 3.05) is 14.1 Å². The highest BCUT2D eigenvalue weighted by molar-refractivity contribution is 7.85. The molecule has 150 valence electrons. The summed E-state index contributed by atoms with van der Waals surface area (Å²) in [5.41, 5.74) is 0.367. The molecule has 0 aliphatic heterocycles. The fourth-order valence-corrected chi connectivity index (χ4v) is 2.44.